The Kier molecular flexibility index (Phi) is 7.56. The van der Waals surface area contributed by atoms with E-state index in [1.54, 1.807) is 32.9 Å². The molecule has 1 amide bonds. The summed E-state index contributed by atoms with van der Waals surface area (Å²) in [5, 5.41) is 2.62. The van der Waals surface area contributed by atoms with Gasteiger partial charge in [-0.3, -0.25) is 4.79 Å². The van der Waals surface area contributed by atoms with Crippen LogP contribution < -0.4 is 10.1 Å². The van der Waals surface area contributed by atoms with E-state index in [0.29, 0.717) is 34.6 Å². The molecule has 152 valence electrons. The highest BCUT2D eigenvalue weighted by atomic mass is 79.9. The summed E-state index contributed by atoms with van der Waals surface area (Å²) in [5.41, 5.74) is 0.944. The monoisotopic (exact) mass is 472 g/mol. The van der Waals surface area contributed by atoms with E-state index in [-0.39, 0.29) is 11.5 Å². The van der Waals surface area contributed by atoms with Gasteiger partial charge in [-0.05, 0) is 58.7 Å². The summed E-state index contributed by atoms with van der Waals surface area (Å²) in [4.78, 5) is 12.3. The van der Waals surface area contributed by atoms with E-state index < -0.39 is 21.7 Å². The summed E-state index contributed by atoms with van der Waals surface area (Å²) in [7, 11) is -3.65. The number of aryl methyl sites for hydroxylation is 1. The normalized spacial score (nSPS) is 11.5. The molecule has 0 unspecified atom stereocenters. The largest absolute Gasteiger partial charge is 0.483 e. The quantitative estimate of drug-likeness (QED) is 0.630. The molecule has 2 aromatic rings. The van der Waals surface area contributed by atoms with E-state index in [1.807, 2.05) is 0 Å². The van der Waals surface area contributed by atoms with Gasteiger partial charge >= 0.3 is 0 Å². The molecule has 2 rings (SSSR count). The Bertz CT molecular complexity index is 962. The van der Waals surface area contributed by atoms with Gasteiger partial charge in [-0.25, -0.2) is 12.8 Å². The van der Waals surface area contributed by atoms with Crippen LogP contribution in [-0.4, -0.2) is 38.3 Å². The van der Waals surface area contributed by atoms with Gasteiger partial charge in [0.15, 0.2) is 6.61 Å². The molecule has 0 fully saturated rings. The zero-order chi connectivity index (χ0) is 20.9. The molecule has 0 aromatic heterocycles. The maximum Gasteiger partial charge on any atom is 0.262 e. The second-order valence-electron chi connectivity index (χ2n) is 5.98. The van der Waals surface area contributed by atoms with Crippen molar-refractivity contribution in [1.82, 2.24) is 4.31 Å². The molecular weight excluding hydrogens is 451 g/mol. The number of carbonyl (C=O) groups excluding carboxylic acids is 1. The summed E-state index contributed by atoms with van der Waals surface area (Å²) in [6.45, 7) is 5.65. The number of amides is 1. The van der Waals surface area contributed by atoms with Crippen LogP contribution in [0.15, 0.2) is 45.8 Å². The van der Waals surface area contributed by atoms with Crippen LogP contribution >= 0.6 is 15.9 Å². The number of hydrogen-bond acceptors (Lipinski definition) is 4. The Labute approximate surface area is 172 Å². The zero-order valence-corrected chi connectivity index (χ0v) is 18.2. The van der Waals surface area contributed by atoms with Gasteiger partial charge in [-0.1, -0.05) is 19.9 Å². The van der Waals surface area contributed by atoms with Crippen LogP contribution in [-0.2, 0) is 14.8 Å². The molecule has 6 nitrogen and oxygen atoms in total. The van der Waals surface area contributed by atoms with Gasteiger partial charge in [0.05, 0.1) is 9.37 Å². The lowest BCUT2D eigenvalue weighted by molar-refractivity contribution is -0.118. The van der Waals surface area contributed by atoms with E-state index in [1.165, 1.54) is 28.6 Å². The highest BCUT2D eigenvalue weighted by Gasteiger charge is 2.24. The van der Waals surface area contributed by atoms with Crippen LogP contribution in [0.2, 0.25) is 0 Å². The van der Waals surface area contributed by atoms with Gasteiger partial charge in [0.1, 0.15) is 11.6 Å². The molecule has 2 aromatic carbocycles. The molecule has 0 saturated carbocycles. The third-order valence-electron chi connectivity index (χ3n) is 4.05. The molecule has 28 heavy (non-hydrogen) atoms. The lowest BCUT2D eigenvalue weighted by Crippen LogP contribution is -2.31. The fourth-order valence-corrected chi connectivity index (χ4v) is 4.77. The minimum absolute atomic E-state index is 0.149. The molecule has 0 bridgehead atoms. The number of carbonyl (C=O) groups is 1. The molecule has 0 aliphatic carbocycles. The Hall–Kier alpha value is -1.97. The van der Waals surface area contributed by atoms with Crippen LogP contribution in [0.1, 0.15) is 19.4 Å². The Balaban J connectivity index is 2.13. The third kappa shape index (κ3) is 5.30. The number of benzene rings is 2. The number of nitrogens with zero attached hydrogens (tertiary/aromatic N) is 1. The molecule has 0 spiro atoms. The van der Waals surface area contributed by atoms with E-state index in [9.17, 15) is 17.6 Å². The number of hydrogen-bond donors (Lipinski definition) is 1. The lowest BCUT2D eigenvalue weighted by atomic mass is 10.2. The van der Waals surface area contributed by atoms with E-state index in [0.717, 1.165) is 0 Å². The van der Waals surface area contributed by atoms with Crippen LogP contribution in [0.25, 0.3) is 0 Å². The fraction of sp³-hybridized carbons (Fsp3) is 0.316. The number of nitrogens with one attached hydrogen (secondary N) is 1. The van der Waals surface area contributed by atoms with Crippen molar-refractivity contribution in [1.29, 1.82) is 0 Å². The average Bonchev–Trinajstić information content (AvgIpc) is 2.63. The van der Waals surface area contributed by atoms with Gasteiger partial charge in [0.25, 0.3) is 5.91 Å². The summed E-state index contributed by atoms with van der Waals surface area (Å²) in [6.07, 6.45) is 0. The van der Waals surface area contributed by atoms with Gasteiger partial charge in [-0.2, -0.15) is 4.31 Å². The second-order valence-corrected chi connectivity index (χ2v) is 8.74. The van der Waals surface area contributed by atoms with Crippen molar-refractivity contribution in [2.75, 3.05) is 25.0 Å². The van der Waals surface area contributed by atoms with Crippen molar-refractivity contribution in [2.45, 2.75) is 25.7 Å². The van der Waals surface area contributed by atoms with Crippen LogP contribution in [0.4, 0.5) is 10.1 Å². The van der Waals surface area contributed by atoms with Crippen molar-refractivity contribution in [3.63, 3.8) is 0 Å². The zero-order valence-electron chi connectivity index (χ0n) is 15.8. The Morgan fingerprint density at radius 2 is 1.86 bits per heavy atom. The van der Waals surface area contributed by atoms with Crippen LogP contribution in [0, 0.1) is 12.7 Å². The van der Waals surface area contributed by atoms with Gasteiger partial charge < -0.3 is 10.1 Å². The van der Waals surface area contributed by atoms with Crippen molar-refractivity contribution in [2.24, 2.45) is 0 Å². The Morgan fingerprint density at radius 3 is 2.46 bits per heavy atom. The standard InChI is InChI=1S/C19H22BrFN2O4S/c1-4-23(5-2)28(25,26)18-11-15(8-6-13(18)3)22-19(24)12-27-17-9-7-14(21)10-16(17)20/h6-11H,4-5,12H2,1-3H3,(H,22,24). The van der Waals surface area contributed by atoms with Crippen molar-refractivity contribution < 1.29 is 22.3 Å². The molecule has 0 heterocycles. The number of ether oxygens (including phenoxy) is 1. The van der Waals surface area contributed by atoms with Gasteiger partial charge in [0.2, 0.25) is 10.0 Å². The van der Waals surface area contributed by atoms with Crippen LogP contribution in [0.5, 0.6) is 5.75 Å². The average molecular weight is 473 g/mol. The van der Waals surface area contributed by atoms with Crippen molar-refractivity contribution in [3.05, 3.63) is 52.3 Å². The molecule has 9 heteroatoms. The lowest BCUT2D eigenvalue weighted by Gasteiger charge is -2.20. The first-order valence-electron chi connectivity index (χ1n) is 8.67. The molecule has 0 aliphatic heterocycles. The summed E-state index contributed by atoms with van der Waals surface area (Å²) < 4.78 is 45.8. The Morgan fingerprint density at radius 1 is 1.18 bits per heavy atom. The first-order chi connectivity index (χ1) is 13.2. The van der Waals surface area contributed by atoms with Gasteiger partial charge in [-0.15, -0.1) is 0 Å². The molecule has 0 atom stereocenters. The van der Waals surface area contributed by atoms with E-state index >= 15 is 0 Å². The highest BCUT2D eigenvalue weighted by Crippen LogP contribution is 2.26. The maximum atomic E-state index is 13.1. The minimum atomic E-state index is -3.65. The first kappa shape index (κ1) is 22.3. The summed E-state index contributed by atoms with van der Waals surface area (Å²) >= 11 is 3.16. The minimum Gasteiger partial charge on any atom is -0.483 e. The predicted molar refractivity (Wildman–Crippen MR) is 110 cm³/mol. The first-order valence-corrected chi connectivity index (χ1v) is 10.9. The summed E-state index contributed by atoms with van der Waals surface area (Å²) in [6, 6.07) is 8.58. The second kappa shape index (κ2) is 9.49. The number of halogens is 2. The highest BCUT2D eigenvalue weighted by molar-refractivity contribution is 9.10. The molecule has 0 aliphatic rings. The van der Waals surface area contributed by atoms with Crippen molar-refractivity contribution >= 4 is 37.5 Å². The van der Waals surface area contributed by atoms with E-state index in [2.05, 4.69) is 21.2 Å². The third-order valence-corrected chi connectivity index (χ3v) is 6.86. The van der Waals surface area contributed by atoms with Crippen LogP contribution in [0.3, 0.4) is 0 Å². The topological polar surface area (TPSA) is 75.7 Å². The molecular formula is C19H22BrFN2O4S. The van der Waals surface area contributed by atoms with E-state index in [4.69, 9.17) is 4.74 Å². The predicted octanol–water partition coefficient (Wildman–Crippen LogP) is 3.94. The van der Waals surface area contributed by atoms with Crippen molar-refractivity contribution in [3.8, 4) is 5.75 Å². The molecule has 0 saturated heterocycles. The molecule has 1 N–H and O–H groups in total. The number of sulfonamides is 1. The number of anilines is 1. The number of rotatable bonds is 8. The smallest absolute Gasteiger partial charge is 0.262 e. The fourth-order valence-electron chi connectivity index (χ4n) is 2.59. The van der Waals surface area contributed by atoms with Gasteiger partial charge in [0, 0.05) is 18.8 Å². The SMILES string of the molecule is CCN(CC)S(=O)(=O)c1cc(NC(=O)COc2ccc(F)cc2Br)ccc1C. The summed E-state index contributed by atoms with van der Waals surface area (Å²) in [5.74, 6) is -0.568. The molecule has 0 radical (unpaired) electrons. The maximum absolute atomic E-state index is 13.1.